The summed E-state index contributed by atoms with van der Waals surface area (Å²) in [6.07, 6.45) is 2.05. The van der Waals surface area contributed by atoms with Gasteiger partial charge in [0, 0.05) is 37.6 Å². The average Bonchev–Trinajstić information content (AvgIpc) is 2.25. The fraction of sp³-hybridized carbons (Fsp3) is 0.455. The summed E-state index contributed by atoms with van der Waals surface area (Å²) >= 11 is 2.34. The van der Waals surface area contributed by atoms with Crippen molar-refractivity contribution in [2.75, 3.05) is 16.8 Å². The molecule has 0 amide bonds. The van der Waals surface area contributed by atoms with Crippen LogP contribution in [0.25, 0.3) is 0 Å². The molecule has 15 heavy (non-hydrogen) atoms. The van der Waals surface area contributed by atoms with E-state index in [4.69, 9.17) is 0 Å². The van der Waals surface area contributed by atoms with Gasteiger partial charge in [-0.05, 0) is 47.6 Å². The maximum absolute atomic E-state index is 11.2. The maximum Gasteiger partial charge on any atom is 0.0478 e. The van der Waals surface area contributed by atoms with Crippen molar-refractivity contribution in [2.24, 2.45) is 0 Å². The Hall–Kier alpha value is -0.100. The predicted molar refractivity (Wildman–Crippen MR) is 73.7 cm³/mol. The molecule has 1 saturated heterocycles. The number of rotatable bonds is 2. The van der Waals surface area contributed by atoms with Gasteiger partial charge in [-0.15, -0.1) is 0 Å². The lowest BCUT2D eigenvalue weighted by atomic mass is 10.1. The van der Waals surface area contributed by atoms with Crippen LogP contribution >= 0.6 is 22.6 Å². The van der Waals surface area contributed by atoms with Gasteiger partial charge < -0.3 is 5.32 Å². The second-order valence-corrected chi connectivity index (χ2v) is 6.60. The number of anilines is 1. The van der Waals surface area contributed by atoms with Crippen molar-refractivity contribution in [1.82, 2.24) is 0 Å². The lowest BCUT2D eigenvalue weighted by molar-refractivity contribution is 0.624. The molecule has 0 spiro atoms. The Labute approximate surface area is 106 Å². The van der Waals surface area contributed by atoms with Gasteiger partial charge in [-0.25, -0.2) is 0 Å². The molecule has 4 heteroatoms. The van der Waals surface area contributed by atoms with E-state index < -0.39 is 10.8 Å². The third-order valence-electron chi connectivity index (χ3n) is 2.62. The maximum atomic E-state index is 11.2. The van der Waals surface area contributed by atoms with E-state index in [1.54, 1.807) is 0 Å². The van der Waals surface area contributed by atoms with E-state index in [2.05, 4.69) is 40.0 Å². The lowest BCUT2D eigenvalue weighted by Gasteiger charge is -2.24. The topological polar surface area (TPSA) is 29.1 Å². The number of nitrogens with one attached hydrogen (secondary N) is 1. The van der Waals surface area contributed by atoms with Gasteiger partial charge in [0.2, 0.25) is 0 Å². The zero-order valence-corrected chi connectivity index (χ0v) is 11.4. The van der Waals surface area contributed by atoms with Crippen LogP contribution in [-0.4, -0.2) is 21.8 Å². The van der Waals surface area contributed by atoms with Crippen LogP contribution in [0, 0.1) is 3.57 Å². The minimum absolute atomic E-state index is 0.499. The molecule has 1 aromatic rings. The number of halogens is 1. The third kappa shape index (κ3) is 3.17. The molecule has 1 aromatic carbocycles. The van der Waals surface area contributed by atoms with Crippen LogP contribution in [0.5, 0.6) is 0 Å². The van der Waals surface area contributed by atoms with Crippen molar-refractivity contribution in [2.45, 2.75) is 18.9 Å². The van der Waals surface area contributed by atoms with Crippen LogP contribution in [0.15, 0.2) is 24.3 Å². The quantitative estimate of drug-likeness (QED) is 0.842. The van der Waals surface area contributed by atoms with E-state index in [0.29, 0.717) is 6.04 Å². The average molecular weight is 335 g/mol. The minimum Gasteiger partial charge on any atom is -0.381 e. The monoisotopic (exact) mass is 335 g/mol. The summed E-state index contributed by atoms with van der Waals surface area (Å²) in [7, 11) is -0.566. The summed E-state index contributed by atoms with van der Waals surface area (Å²) in [4.78, 5) is 0. The molecule has 1 N–H and O–H groups in total. The highest BCUT2D eigenvalue weighted by Gasteiger charge is 2.17. The van der Waals surface area contributed by atoms with Gasteiger partial charge in [0.25, 0.3) is 0 Å². The molecule has 0 saturated carbocycles. The number of benzene rings is 1. The number of hydrogen-bond donors (Lipinski definition) is 1. The van der Waals surface area contributed by atoms with Gasteiger partial charge >= 0.3 is 0 Å². The SMILES string of the molecule is O=S1CCC(Nc2ccccc2I)CC1. The molecule has 2 nitrogen and oxygen atoms in total. The molecule has 82 valence electrons. The summed E-state index contributed by atoms with van der Waals surface area (Å²) in [5.74, 6) is 1.70. The molecule has 0 bridgehead atoms. The Morgan fingerprint density at radius 1 is 1.27 bits per heavy atom. The fourth-order valence-electron chi connectivity index (χ4n) is 1.74. The van der Waals surface area contributed by atoms with Crippen LogP contribution < -0.4 is 5.32 Å². The lowest BCUT2D eigenvalue weighted by Crippen LogP contribution is -2.29. The van der Waals surface area contributed by atoms with Gasteiger partial charge in [0.15, 0.2) is 0 Å². The molecular weight excluding hydrogens is 321 g/mol. The van der Waals surface area contributed by atoms with Crippen LogP contribution in [0.3, 0.4) is 0 Å². The first kappa shape index (κ1) is 11.4. The van der Waals surface area contributed by atoms with Crippen molar-refractivity contribution >= 4 is 39.1 Å². The van der Waals surface area contributed by atoms with E-state index in [9.17, 15) is 4.21 Å². The Kier molecular flexibility index (Phi) is 4.02. The molecule has 0 aromatic heterocycles. The zero-order valence-electron chi connectivity index (χ0n) is 8.41. The van der Waals surface area contributed by atoms with E-state index in [1.165, 1.54) is 9.26 Å². The Morgan fingerprint density at radius 2 is 1.93 bits per heavy atom. The van der Waals surface area contributed by atoms with Gasteiger partial charge in [-0.1, -0.05) is 12.1 Å². The molecule has 0 unspecified atom stereocenters. The first-order chi connectivity index (χ1) is 7.25. The van der Waals surface area contributed by atoms with Gasteiger partial charge in [0.05, 0.1) is 0 Å². The van der Waals surface area contributed by atoms with Crippen LogP contribution in [0.2, 0.25) is 0 Å². The minimum atomic E-state index is -0.566. The van der Waals surface area contributed by atoms with Crippen LogP contribution in [0.1, 0.15) is 12.8 Å². The van der Waals surface area contributed by atoms with Crippen LogP contribution in [-0.2, 0) is 10.8 Å². The van der Waals surface area contributed by atoms with E-state index in [1.807, 2.05) is 12.1 Å². The van der Waals surface area contributed by atoms with Crippen molar-refractivity contribution in [3.05, 3.63) is 27.8 Å². The molecule has 0 atom stereocenters. The second kappa shape index (κ2) is 5.30. The van der Waals surface area contributed by atoms with E-state index in [0.717, 1.165) is 24.3 Å². The predicted octanol–water partition coefficient (Wildman–Crippen LogP) is 2.61. The largest absolute Gasteiger partial charge is 0.381 e. The third-order valence-corrected chi connectivity index (χ3v) is 4.94. The van der Waals surface area contributed by atoms with Crippen molar-refractivity contribution in [1.29, 1.82) is 0 Å². The fourth-order valence-corrected chi connectivity index (χ4v) is 3.58. The van der Waals surface area contributed by atoms with E-state index >= 15 is 0 Å². The molecule has 1 fully saturated rings. The molecule has 1 aliphatic rings. The number of hydrogen-bond acceptors (Lipinski definition) is 2. The smallest absolute Gasteiger partial charge is 0.0478 e. The normalized spacial score (nSPS) is 26.2. The first-order valence-corrected chi connectivity index (χ1v) is 7.68. The van der Waals surface area contributed by atoms with Crippen LogP contribution in [0.4, 0.5) is 5.69 Å². The first-order valence-electron chi connectivity index (χ1n) is 5.12. The molecular formula is C11H14INOS. The summed E-state index contributed by atoms with van der Waals surface area (Å²) in [5, 5.41) is 3.53. The molecule has 1 heterocycles. The highest BCUT2D eigenvalue weighted by atomic mass is 127. The highest BCUT2D eigenvalue weighted by molar-refractivity contribution is 14.1. The molecule has 2 rings (SSSR count). The van der Waals surface area contributed by atoms with Crippen molar-refractivity contribution < 1.29 is 4.21 Å². The van der Waals surface area contributed by atoms with Gasteiger partial charge in [-0.3, -0.25) is 4.21 Å². The summed E-state index contributed by atoms with van der Waals surface area (Å²) in [5.41, 5.74) is 1.20. The molecule has 1 aliphatic heterocycles. The number of para-hydroxylation sites is 1. The van der Waals surface area contributed by atoms with Gasteiger partial charge in [0.1, 0.15) is 0 Å². The zero-order chi connectivity index (χ0) is 10.7. The highest BCUT2D eigenvalue weighted by Crippen LogP contribution is 2.21. The summed E-state index contributed by atoms with van der Waals surface area (Å²) in [6.45, 7) is 0. The summed E-state index contributed by atoms with van der Waals surface area (Å²) in [6, 6.07) is 8.80. The standard InChI is InChI=1S/C11H14INOS/c12-10-3-1-2-4-11(10)13-9-5-7-15(14)8-6-9/h1-4,9,13H,5-8H2. The van der Waals surface area contributed by atoms with Gasteiger partial charge in [-0.2, -0.15) is 0 Å². The Balaban J connectivity index is 1.97. The van der Waals surface area contributed by atoms with Crippen molar-refractivity contribution in [3.8, 4) is 0 Å². The molecule has 0 aliphatic carbocycles. The summed E-state index contributed by atoms with van der Waals surface area (Å²) < 4.78 is 12.5. The van der Waals surface area contributed by atoms with E-state index in [-0.39, 0.29) is 0 Å². The van der Waals surface area contributed by atoms with Crippen molar-refractivity contribution in [3.63, 3.8) is 0 Å². The Bertz CT molecular complexity index is 359. The second-order valence-electron chi connectivity index (χ2n) is 3.75. The Morgan fingerprint density at radius 3 is 2.60 bits per heavy atom. The molecule has 0 radical (unpaired) electrons.